The van der Waals surface area contributed by atoms with Crippen molar-refractivity contribution in [3.05, 3.63) is 34.3 Å². The maximum Gasteiger partial charge on any atom is 0.416 e. The van der Waals surface area contributed by atoms with Crippen LogP contribution in [0.25, 0.3) is 0 Å². The molecule has 0 saturated carbocycles. The Bertz CT molecular complexity index is 333. The summed E-state index contributed by atoms with van der Waals surface area (Å²) in [5, 5.41) is 0.255. The van der Waals surface area contributed by atoms with E-state index < -0.39 is 17.8 Å². The lowest BCUT2D eigenvalue weighted by atomic mass is 10.0. The minimum atomic E-state index is -4.38. The molecule has 78 valence electrons. The van der Waals surface area contributed by atoms with Gasteiger partial charge in [-0.15, -0.1) is 0 Å². The third-order valence-corrected chi connectivity index (χ3v) is 2.04. The molecule has 0 bridgehead atoms. The van der Waals surface area contributed by atoms with E-state index in [-0.39, 0.29) is 10.6 Å². The van der Waals surface area contributed by atoms with Gasteiger partial charge in [-0.2, -0.15) is 13.2 Å². The van der Waals surface area contributed by atoms with Crippen LogP contribution in [-0.2, 0) is 6.18 Å². The molecular formula is C9H9ClF3N. The van der Waals surface area contributed by atoms with Gasteiger partial charge >= 0.3 is 6.18 Å². The molecule has 1 atom stereocenters. The first kappa shape index (κ1) is 11.3. The van der Waals surface area contributed by atoms with Crippen molar-refractivity contribution in [1.82, 2.24) is 0 Å². The highest BCUT2D eigenvalue weighted by atomic mass is 35.5. The summed E-state index contributed by atoms with van der Waals surface area (Å²) in [7, 11) is 0. The highest BCUT2D eigenvalue weighted by Gasteiger charge is 2.33. The summed E-state index contributed by atoms with van der Waals surface area (Å²) >= 11 is 5.59. The smallest absolute Gasteiger partial charge is 0.324 e. The number of halogens is 4. The summed E-state index contributed by atoms with van der Waals surface area (Å²) in [5.74, 6) is 0. The van der Waals surface area contributed by atoms with Crippen LogP contribution in [0.2, 0.25) is 5.02 Å². The van der Waals surface area contributed by atoms with Crippen molar-refractivity contribution in [2.75, 3.05) is 0 Å². The summed E-state index contributed by atoms with van der Waals surface area (Å²) in [6.45, 7) is 1.49. The molecule has 0 saturated heterocycles. The maximum absolute atomic E-state index is 12.4. The molecular weight excluding hydrogens is 215 g/mol. The molecule has 0 heterocycles. The molecule has 5 heteroatoms. The number of rotatable bonds is 1. The van der Waals surface area contributed by atoms with Crippen molar-refractivity contribution in [1.29, 1.82) is 0 Å². The van der Waals surface area contributed by atoms with Crippen molar-refractivity contribution in [3.63, 3.8) is 0 Å². The molecule has 0 aliphatic carbocycles. The molecule has 0 unspecified atom stereocenters. The van der Waals surface area contributed by atoms with Gasteiger partial charge in [0.2, 0.25) is 0 Å². The molecule has 1 aromatic carbocycles. The van der Waals surface area contributed by atoms with Gasteiger partial charge in [0.1, 0.15) is 0 Å². The first-order chi connectivity index (χ1) is 6.32. The Morgan fingerprint density at radius 1 is 1.36 bits per heavy atom. The third-order valence-electron chi connectivity index (χ3n) is 1.81. The largest absolute Gasteiger partial charge is 0.416 e. The molecule has 14 heavy (non-hydrogen) atoms. The van der Waals surface area contributed by atoms with Crippen molar-refractivity contribution < 1.29 is 13.2 Å². The van der Waals surface area contributed by atoms with Gasteiger partial charge in [0.25, 0.3) is 0 Å². The molecule has 0 aliphatic rings. The Balaban J connectivity index is 3.29. The summed E-state index contributed by atoms with van der Waals surface area (Å²) in [6.07, 6.45) is -4.38. The van der Waals surface area contributed by atoms with Gasteiger partial charge in [-0.3, -0.25) is 0 Å². The van der Waals surface area contributed by atoms with Crippen LogP contribution < -0.4 is 5.73 Å². The van der Waals surface area contributed by atoms with Gasteiger partial charge in [0.15, 0.2) is 0 Å². The summed E-state index contributed by atoms with van der Waals surface area (Å²) in [6, 6.07) is 2.71. The number of benzene rings is 1. The van der Waals surface area contributed by atoms with E-state index in [0.717, 1.165) is 6.07 Å². The predicted octanol–water partition coefficient (Wildman–Crippen LogP) is 3.38. The van der Waals surface area contributed by atoms with Crippen molar-refractivity contribution >= 4 is 11.6 Å². The highest BCUT2D eigenvalue weighted by molar-refractivity contribution is 6.30. The molecule has 0 aromatic heterocycles. The average molecular weight is 224 g/mol. The number of nitrogens with two attached hydrogens (primary N) is 1. The maximum atomic E-state index is 12.4. The van der Waals surface area contributed by atoms with Crippen LogP contribution in [0.4, 0.5) is 13.2 Å². The van der Waals surface area contributed by atoms with Crippen LogP contribution in [0.5, 0.6) is 0 Å². The molecule has 0 fully saturated rings. The lowest BCUT2D eigenvalue weighted by Crippen LogP contribution is -2.15. The molecule has 0 radical (unpaired) electrons. The van der Waals surface area contributed by atoms with E-state index in [4.69, 9.17) is 17.3 Å². The van der Waals surface area contributed by atoms with E-state index in [9.17, 15) is 13.2 Å². The molecule has 1 aromatic rings. The van der Waals surface area contributed by atoms with E-state index in [1.807, 2.05) is 0 Å². The zero-order chi connectivity index (χ0) is 10.9. The van der Waals surface area contributed by atoms with Crippen LogP contribution in [0.15, 0.2) is 18.2 Å². The number of alkyl halides is 3. The molecule has 1 nitrogen and oxygen atoms in total. The Morgan fingerprint density at radius 2 is 1.93 bits per heavy atom. The fraction of sp³-hybridized carbons (Fsp3) is 0.333. The Hall–Kier alpha value is -0.740. The topological polar surface area (TPSA) is 26.0 Å². The van der Waals surface area contributed by atoms with Gasteiger partial charge < -0.3 is 5.73 Å². The predicted molar refractivity (Wildman–Crippen MR) is 49.1 cm³/mol. The first-order valence-electron chi connectivity index (χ1n) is 3.94. The van der Waals surface area contributed by atoms with Crippen LogP contribution in [-0.4, -0.2) is 0 Å². The van der Waals surface area contributed by atoms with Crippen molar-refractivity contribution in [2.24, 2.45) is 5.73 Å². The van der Waals surface area contributed by atoms with Crippen LogP contribution in [0, 0.1) is 0 Å². The molecule has 0 spiro atoms. The van der Waals surface area contributed by atoms with Gasteiger partial charge in [-0.1, -0.05) is 11.6 Å². The fourth-order valence-corrected chi connectivity index (χ4v) is 1.35. The second kappa shape index (κ2) is 3.79. The quantitative estimate of drug-likeness (QED) is 0.776. The molecule has 1 rings (SSSR count). The Morgan fingerprint density at radius 3 is 2.36 bits per heavy atom. The zero-order valence-electron chi connectivity index (χ0n) is 7.40. The molecule has 0 amide bonds. The number of hydrogen-bond acceptors (Lipinski definition) is 1. The fourth-order valence-electron chi connectivity index (χ4n) is 1.17. The first-order valence-corrected chi connectivity index (χ1v) is 4.32. The van der Waals surface area contributed by atoms with Crippen LogP contribution >= 0.6 is 11.6 Å². The van der Waals surface area contributed by atoms with Gasteiger partial charge in [-0.25, -0.2) is 0 Å². The minimum Gasteiger partial charge on any atom is -0.324 e. The minimum absolute atomic E-state index is 0.0185. The Labute approximate surface area is 84.7 Å². The highest BCUT2D eigenvalue weighted by Crippen LogP contribution is 2.35. The van der Waals surface area contributed by atoms with Crippen molar-refractivity contribution in [3.8, 4) is 0 Å². The van der Waals surface area contributed by atoms with Crippen LogP contribution in [0.3, 0.4) is 0 Å². The van der Waals surface area contributed by atoms with E-state index >= 15 is 0 Å². The number of hydrogen-bond donors (Lipinski definition) is 1. The van der Waals surface area contributed by atoms with E-state index in [1.54, 1.807) is 0 Å². The van der Waals surface area contributed by atoms with Gasteiger partial charge in [0.05, 0.1) is 5.56 Å². The monoisotopic (exact) mass is 223 g/mol. The van der Waals surface area contributed by atoms with Gasteiger partial charge in [-0.05, 0) is 30.7 Å². The second-order valence-electron chi connectivity index (χ2n) is 3.02. The van der Waals surface area contributed by atoms with Gasteiger partial charge in [0, 0.05) is 11.1 Å². The average Bonchev–Trinajstić information content (AvgIpc) is 2.01. The summed E-state index contributed by atoms with van der Waals surface area (Å²) < 4.78 is 37.3. The second-order valence-corrected chi connectivity index (χ2v) is 3.45. The lowest BCUT2D eigenvalue weighted by molar-refractivity contribution is -0.138. The van der Waals surface area contributed by atoms with E-state index in [1.165, 1.54) is 19.1 Å². The molecule has 2 N–H and O–H groups in total. The van der Waals surface area contributed by atoms with E-state index in [2.05, 4.69) is 0 Å². The van der Waals surface area contributed by atoms with Crippen LogP contribution in [0.1, 0.15) is 24.1 Å². The standard InChI is InChI=1S/C9H9ClF3N/c1-5(14)7-4-6(10)2-3-8(7)9(11,12)13/h2-5H,14H2,1H3/t5-/m1/s1. The van der Waals surface area contributed by atoms with Crippen molar-refractivity contribution in [2.45, 2.75) is 19.1 Å². The lowest BCUT2D eigenvalue weighted by Gasteiger charge is -2.15. The third kappa shape index (κ3) is 2.39. The molecule has 0 aliphatic heterocycles. The Kier molecular flexibility index (Phi) is 3.07. The zero-order valence-corrected chi connectivity index (χ0v) is 8.15. The summed E-state index contributed by atoms with van der Waals surface area (Å²) in [5.41, 5.74) is 4.71. The van der Waals surface area contributed by atoms with E-state index in [0.29, 0.717) is 0 Å². The SMILES string of the molecule is C[C@@H](N)c1cc(Cl)ccc1C(F)(F)F. The normalized spacial score (nSPS) is 14.1. The summed E-state index contributed by atoms with van der Waals surface area (Å²) in [4.78, 5) is 0.